The number of carbonyl (C=O) groups excluding carboxylic acids is 1. The summed E-state index contributed by atoms with van der Waals surface area (Å²) >= 11 is 1.65. The molecule has 1 spiro atoms. The number of hydrogen-bond acceptors (Lipinski definition) is 4. The first kappa shape index (κ1) is 20.1. The Bertz CT molecular complexity index is 1070. The Labute approximate surface area is 179 Å². The SMILES string of the molecule is Cl.O=C(c1cc2ccccc2c(=O)[nH]1)N(Cc1ccsc1)C1CC12CCNCC2. The molecule has 5 nitrogen and oxygen atoms in total. The Kier molecular flexibility index (Phi) is 5.51. The summed E-state index contributed by atoms with van der Waals surface area (Å²) < 4.78 is 0. The Balaban J connectivity index is 0.00000205. The van der Waals surface area contributed by atoms with Gasteiger partial charge >= 0.3 is 0 Å². The minimum Gasteiger partial charge on any atom is -0.329 e. The lowest BCUT2D eigenvalue weighted by atomic mass is 9.93. The number of nitrogens with zero attached hydrogens (tertiary/aromatic N) is 1. The van der Waals surface area contributed by atoms with Gasteiger partial charge in [0.1, 0.15) is 5.69 Å². The van der Waals surface area contributed by atoms with Crippen LogP contribution in [0.1, 0.15) is 35.3 Å². The van der Waals surface area contributed by atoms with E-state index in [-0.39, 0.29) is 35.3 Å². The molecule has 2 fully saturated rings. The fraction of sp³-hybridized carbons (Fsp3) is 0.364. The van der Waals surface area contributed by atoms with Gasteiger partial charge in [-0.25, -0.2) is 0 Å². The monoisotopic (exact) mass is 429 g/mol. The number of carbonyl (C=O) groups is 1. The van der Waals surface area contributed by atoms with E-state index in [1.54, 1.807) is 17.4 Å². The molecule has 0 bridgehead atoms. The number of fused-ring (bicyclic) bond motifs is 1. The summed E-state index contributed by atoms with van der Waals surface area (Å²) in [5.41, 5.74) is 1.57. The zero-order chi connectivity index (χ0) is 19.1. The zero-order valence-electron chi connectivity index (χ0n) is 16.0. The van der Waals surface area contributed by atoms with Crippen LogP contribution in [0.25, 0.3) is 10.8 Å². The molecule has 5 rings (SSSR count). The number of hydrogen-bond donors (Lipinski definition) is 2. The minimum atomic E-state index is -0.204. The Hall–Kier alpha value is -2.15. The molecule has 1 atom stereocenters. The minimum absolute atomic E-state index is 0. The summed E-state index contributed by atoms with van der Waals surface area (Å²) in [5, 5.41) is 8.99. The molecular weight excluding hydrogens is 406 g/mol. The molecule has 1 saturated heterocycles. The maximum Gasteiger partial charge on any atom is 0.270 e. The van der Waals surface area contributed by atoms with E-state index in [1.165, 1.54) is 0 Å². The second-order valence-electron chi connectivity index (χ2n) is 8.00. The van der Waals surface area contributed by atoms with Crippen LogP contribution in [0.2, 0.25) is 0 Å². The predicted octanol–water partition coefficient (Wildman–Crippen LogP) is 3.80. The van der Waals surface area contributed by atoms with Crippen LogP contribution in [0.4, 0.5) is 0 Å². The molecule has 0 radical (unpaired) electrons. The lowest BCUT2D eigenvalue weighted by molar-refractivity contribution is 0.0686. The van der Waals surface area contributed by atoms with Gasteiger partial charge in [0.2, 0.25) is 0 Å². The molecule has 1 aromatic carbocycles. The molecular formula is C22H24ClN3O2S. The number of piperidine rings is 1. The highest BCUT2D eigenvalue weighted by atomic mass is 35.5. The van der Waals surface area contributed by atoms with E-state index >= 15 is 0 Å². The van der Waals surface area contributed by atoms with Crippen LogP contribution in [-0.2, 0) is 6.54 Å². The van der Waals surface area contributed by atoms with Gasteiger partial charge in [-0.3, -0.25) is 9.59 Å². The van der Waals surface area contributed by atoms with E-state index in [1.807, 2.05) is 34.5 Å². The van der Waals surface area contributed by atoms with Crippen molar-refractivity contribution in [2.45, 2.75) is 31.8 Å². The summed E-state index contributed by atoms with van der Waals surface area (Å²) in [6.07, 6.45) is 3.28. The third-order valence-corrected chi connectivity index (χ3v) is 7.03. The van der Waals surface area contributed by atoms with E-state index in [9.17, 15) is 9.59 Å². The van der Waals surface area contributed by atoms with Crippen molar-refractivity contribution >= 4 is 40.4 Å². The molecule has 1 amide bonds. The van der Waals surface area contributed by atoms with Crippen molar-refractivity contribution in [3.8, 4) is 0 Å². The Morgan fingerprint density at radius 1 is 1.21 bits per heavy atom. The Morgan fingerprint density at radius 2 is 2.00 bits per heavy atom. The fourth-order valence-electron chi connectivity index (χ4n) is 4.61. The van der Waals surface area contributed by atoms with E-state index in [4.69, 9.17) is 0 Å². The van der Waals surface area contributed by atoms with Crippen LogP contribution < -0.4 is 10.9 Å². The number of pyridine rings is 1. The molecule has 3 heterocycles. The van der Waals surface area contributed by atoms with Crippen molar-refractivity contribution in [1.29, 1.82) is 0 Å². The first-order chi connectivity index (χ1) is 13.7. The number of H-pyrrole nitrogens is 1. The maximum atomic E-state index is 13.5. The molecule has 1 aliphatic carbocycles. The number of benzene rings is 1. The standard InChI is InChI=1S/C22H23N3O2S.ClH/c26-20-17-4-2-1-3-16(17)11-18(24-20)21(27)25(13-15-5-10-28-14-15)19-12-22(19)6-8-23-9-7-22;/h1-5,10-11,14,19,23H,6-9,12-13H2,(H,24,26);1H. The van der Waals surface area contributed by atoms with Crippen LogP contribution >= 0.6 is 23.7 Å². The van der Waals surface area contributed by atoms with Gasteiger partial charge in [-0.05, 0) is 77.7 Å². The third kappa shape index (κ3) is 3.72. The van der Waals surface area contributed by atoms with Crippen molar-refractivity contribution in [3.05, 3.63) is 68.8 Å². The largest absolute Gasteiger partial charge is 0.329 e. The summed E-state index contributed by atoms with van der Waals surface area (Å²) in [7, 11) is 0. The van der Waals surface area contributed by atoms with Crippen LogP contribution in [-0.4, -0.2) is 34.9 Å². The van der Waals surface area contributed by atoms with Gasteiger partial charge in [0.15, 0.2) is 0 Å². The van der Waals surface area contributed by atoms with E-state index in [0.717, 1.165) is 43.3 Å². The maximum absolute atomic E-state index is 13.5. The molecule has 2 aromatic heterocycles. The number of aromatic amines is 1. The summed E-state index contributed by atoms with van der Waals surface area (Å²) in [5.74, 6) is -0.0746. The van der Waals surface area contributed by atoms with Crippen LogP contribution in [0.3, 0.4) is 0 Å². The average molecular weight is 430 g/mol. The molecule has 152 valence electrons. The summed E-state index contributed by atoms with van der Waals surface area (Å²) in [6.45, 7) is 2.63. The molecule has 29 heavy (non-hydrogen) atoms. The summed E-state index contributed by atoms with van der Waals surface area (Å²) in [6, 6.07) is 11.5. The van der Waals surface area contributed by atoms with Crippen molar-refractivity contribution in [2.24, 2.45) is 5.41 Å². The van der Waals surface area contributed by atoms with Gasteiger partial charge < -0.3 is 15.2 Å². The molecule has 3 aromatic rings. The molecule has 1 aliphatic heterocycles. The average Bonchev–Trinajstić information content (AvgIpc) is 3.14. The van der Waals surface area contributed by atoms with Gasteiger partial charge in [-0.1, -0.05) is 18.2 Å². The number of amides is 1. The third-order valence-electron chi connectivity index (χ3n) is 6.30. The van der Waals surface area contributed by atoms with Crippen molar-refractivity contribution in [1.82, 2.24) is 15.2 Å². The number of nitrogens with one attached hydrogen (secondary N) is 2. The fourth-order valence-corrected chi connectivity index (χ4v) is 5.27. The first-order valence-corrected chi connectivity index (χ1v) is 10.8. The normalized spacial score (nSPS) is 19.7. The number of rotatable bonds is 4. The van der Waals surface area contributed by atoms with Crippen molar-refractivity contribution in [3.63, 3.8) is 0 Å². The van der Waals surface area contributed by atoms with Gasteiger partial charge in [0.05, 0.1) is 0 Å². The highest BCUT2D eigenvalue weighted by Gasteiger charge is 2.57. The predicted molar refractivity (Wildman–Crippen MR) is 119 cm³/mol. The lowest BCUT2D eigenvalue weighted by Crippen LogP contribution is -2.39. The van der Waals surface area contributed by atoms with Gasteiger partial charge in [0, 0.05) is 18.0 Å². The molecule has 2 aliphatic rings. The second-order valence-corrected chi connectivity index (χ2v) is 8.78. The van der Waals surface area contributed by atoms with E-state index in [0.29, 0.717) is 17.6 Å². The van der Waals surface area contributed by atoms with E-state index < -0.39 is 0 Å². The first-order valence-electron chi connectivity index (χ1n) is 9.81. The lowest BCUT2D eigenvalue weighted by Gasteiger charge is -2.29. The highest BCUT2D eigenvalue weighted by Crippen LogP contribution is 2.56. The van der Waals surface area contributed by atoms with Gasteiger partial charge in [-0.15, -0.1) is 12.4 Å². The van der Waals surface area contributed by atoms with E-state index in [2.05, 4.69) is 21.7 Å². The number of aromatic nitrogens is 1. The smallest absolute Gasteiger partial charge is 0.270 e. The zero-order valence-corrected chi connectivity index (χ0v) is 17.7. The van der Waals surface area contributed by atoms with Crippen LogP contribution in [0, 0.1) is 5.41 Å². The number of thiophene rings is 1. The van der Waals surface area contributed by atoms with Gasteiger partial charge in [-0.2, -0.15) is 11.3 Å². The van der Waals surface area contributed by atoms with Crippen LogP contribution in [0.15, 0.2) is 52.0 Å². The summed E-state index contributed by atoms with van der Waals surface area (Å²) in [4.78, 5) is 30.8. The molecule has 1 unspecified atom stereocenters. The van der Waals surface area contributed by atoms with Crippen LogP contribution in [0.5, 0.6) is 0 Å². The molecule has 1 saturated carbocycles. The van der Waals surface area contributed by atoms with Crippen molar-refractivity contribution < 1.29 is 4.79 Å². The molecule has 2 N–H and O–H groups in total. The quantitative estimate of drug-likeness (QED) is 0.663. The van der Waals surface area contributed by atoms with Crippen molar-refractivity contribution in [2.75, 3.05) is 13.1 Å². The Morgan fingerprint density at radius 3 is 2.76 bits per heavy atom. The number of halogens is 1. The second kappa shape index (κ2) is 7.94. The molecule has 7 heteroatoms. The topological polar surface area (TPSA) is 65.2 Å². The highest BCUT2D eigenvalue weighted by molar-refractivity contribution is 7.07. The van der Waals surface area contributed by atoms with Gasteiger partial charge in [0.25, 0.3) is 11.5 Å².